The van der Waals surface area contributed by atoms with Crippen molar-refractivity contribution in [1.82, 2.24) is 19.3 Å². The van der Waals surface area contributed by atoms with Crippen LogP contribution in [0.4, 0.5) is 0 Å². The average molecular weight is 425 g/mol. The van der Waals surface area contributed by atoms with Crippen molar-refractivity contribution in [2.45, 2.75) is 38.5 Å². The molecule has 0 saturated heterocycles. The fourth-order valence-electron chi connectivity index (χ4n) is 4.26. The number of quaternary nitrogens is 1. The molecule has 1 fully saturated rings. The van der Waals surface area contributed by atoms with E-state index in [2.05, 4.69) is 21.7 Å². The maximum Gasteiger partial charge on any atom is 0.203 e. The molecule has 2 aliphatic rings. The summed E-state index contributed by atoms with van der Waals surface area (Å²) in [5.41, 5.74) is 3.70. The van der Waals surface area contributed by atoms with Gasteiger partial charge in [-0.25, -0.2) is 0 Å². The van der Waals surface area contributed by atoms with E-state index in [1.165, 1.54) is 28.9 Å². The summed E-state index contributed by atoms with van der Waals surface area (Å²) in [5, 5.41) is 4.93. The largest absolute Gasteiger partial charge is 0.493 e. The monoisotopic (exact) mass is 424 g/mol. The summed E-state index contributed by atoms with van der Waals surface area (Å²) in [7, 11) is 3.37. The van der Waals surface area contributed by atoms with Crippen LogP contribution in [0.15, 0.2) is 36.7 Å². The lowest BCUT2D eigenvalue weighted by atomic mass is 9.99. The third kappa shape index (κ3) is 3.50. The average Bonchev–Trinajstić information content (AvgIpc) is 3.57. The zero-order valence-corrected chi connectivity index (χ0v) is 18.1. The second-order valence-electron chi connectivity index (χ2n) is 8.00. The number of pyridine rings is 1. The number of hydrogen-bond donors (Lipinski definition) is 1. The smallest absolute Gasteiger partial charge is 0.203 e. The Kier molecular flexibility index (Phi) is 5.04. The van der Waals surface area contributed by atoms with E-state index in [0.717, 1.165) is 53.8 Å². The van der Waals surface area contributed by atoms with Gasteiger partial charge in [-0.15, -0.1) is 5.10 Å². The first-order valence-electron chi connectivity index (χ1n) is 10.3. The molecule has 1 saturated carbocycles. The van der Waals surface area contributed by atoms with Crippen LogP contribution in [-0.2, 0) is 19.6 Å². The molecule has 0 radical (unpaired) electrons. The molecule has 1 aliphatic heterocycles. The number of methoxy groups -OCH3 is 2. The first-order valence-corrected chi connectivity index (χ1v) is 10.8. The SMILES string of the molecule is COc1cc2c(cc1OC)C[NH+](Cn1nc(-c3ccncc3)n(C3CC3)c1=S)CC2. The van der Waals surface area contributed by atoms with E-state index in [4.69, 9.17) is 26.8 Å². The predicted octanol–water partition coefficient (Wildman–Crippen LogP) is 2.43. The van der Waals surface area contributed by atoms with Gasteiger partial charge in [0.1, 0.15) is 6.54 Å². The third-order valence-corrected chi connectivity index (χ3v) is 6.40. The van der Waals surface area contributed by atoms with Crippen LogP contribution in [-0.4, -0.2) is 40.1 Å². The van der Waals surface area contributed by atoms with Crippen molar-refractivity contribution in [3.05, 3.63) is 52.6 Å². The van der Waals surface area contributed by atoms with Crippen LogP contribution in [0.3, 0.4) is 0 Å². The van der Waals surface area contributed by atoms with Gasteiger partial charge in [0.05, 0.1) is 20.8 Å². The van der Waals surface area contributed by atoms with E-state index < -0.39 is 0 Å². The van der Waals surface area contributed by atoms with Crippen molar-refractivity contribution >= 4 is 12.2 Å². The maximum atomic E-state index is 5.85. The fourth-order valence-corrected chi connectivity index (χ4v) is 4.60. The number of ether oxygens (including phenoxy) is 2. The number of nitrogens with zero attached hydrogens (tertiary/aromatic N) is 4. The summed E-state index contributed by atoms with van der Waals surface area (Å²) >= 11 is 5.85. The Morgan fingerprint density at radius 3 is 2.47 bits per heavy atom. The zero-order chi connectivity index (χ0) is 20.7. The quantitative estimate of drug-likeness (QED) is 0.616. The van der Waals surface area contributed by atoms with Crippen molar-refractivity contribution in [1.29, 1.82) is 0 Å². The predicted molar refractivity (Wildman–Crippen MR) is 115 cm³/mol. The van der Waals surface area contributed by atoms with Gasteiger partial charge in [-0.1, -0.05) is 0 Å². The van der Waals surface area contributed by atoms with E-state index in [9.17, 15) is 0 Å². The molecule has 3 aromatic rings. The van der Waals surface area contributed by atoms with Crippen LogP contribution in [0, 0.1) is 4.77 Å². The molecule has 0 bridgehead atoms. The van der Waals surface area contributed by atoms with E-state index in [0.29, 0.717) is 6.04 Å². The molecular formula is C22H26N5O2S+. The number of fused-ring (bicyclic) bond motifs is 1. The number of aromatic nitrogens is 4. The molecule has 0 spiro atoms. The summed E-state index contributed by atoms with van der Waals surface area (Å²) < 4.78 is 16.0. The highest BCUT2D eigenvalue weighted by Crippen LogP contribution is 2.38. The van der Waals surface area contributed by atoms with Gasteiger partial charge in [0, 0.05) is 36.0 Å². The highest BCUT2D eigenvalue weighted by Gasteiger charge is 2.30. The van der Waals surface area contributed by atoms with Crippen LogP contribution in [0.25, 0.3) is 11.4 Å². The first kappa shape index (κ1) is 19.3. The molecule has 3 heterocycles. The number of rotatable bonds is 6. The van der Waals surface area contributed by atoms with Gasteiger partial charge in [-0.3, -0.25) is 9.55 Å². The van der Waals surface area contributed by atoms with Gasteiger partial charge in [-0.05, 0) is 54.9 Å². The summed E-state index contributed by atoms with van der Waals surface area (Å²) in [4.78, 5) is 5.58. The second kappa shape index (κ2) is 7.85. The molecule has 2 aromatic heterocycles. The highest BCUT2D eigenvalue weighted by molar-refractivity contribution is 7.71. The highest BCUT2D eigenvalue weighted by atomic mass is 32.1. The van der Waals surface area contributed by atoms with Gasteiger partial charge in [0.15, 0.2) is 24.0 Å². The van der Waals surface area contributed by atoms with E-state index in [1.54, 1.807) is 14.2 Å². The van der Waals surface area contributed by atoms with E-state index in [-0.39, 0.29) is 0 Å². The Morgan fingerprint density at radius 2 is 1.80 bits per heavy atom. The van der Waals surface area contributed by atoms with Gasteiger partial charge in [0.2, 0.25) is 4.77 Å². The summed E-state index contributed by atoms with van der Waals surface area (Å²) in [6, 6.07) is 8.70. The number of hydrogen-bond acceptors (Lipinski definition) is 5. The minimum atomic E-state index is 0.475. The van der Waals surface area contributed by atoms with Crippen molar-refractivity contribution in [2.24, 2.45) is 0 Å². The molecule has 1 atom stereocenters. The first-order chi connectivity index (χ1) is 14.7. The van der Waals surface area contributed by atoms with Crippen molar-refractivity contribution < 1.29 is 14.4 Å². The topological polar surface area (TPSA) is 58.5 Å². The number of benzene rings is 1. The van der Waals surface area contributed by atoms with Crippen LogP contribution >= 0.6 is 12.2 Å². The Morgan fingerprint density at radius 1 is 1.10 bits per heavy atom. The van der Waals surface area contributed by atoms with Crippen molar-refractivity contribution in [3.63, 3.8) is 0 Å². The van der Waals surface area contributed by atoms with Crippen LogP contribution < -0.4 is 14.4 Å². The normalized spacial score (nSPS) is 18.1. The minimum absolute atomic E-state index is 0.475. The molecule has 30 heavy (non-hydrogen) atoms. The summed E-state index contributed by atoms with van der Waals surface area (Å²) in [6.45, 7) is 2.70. The Bertz CT molecular complexity index is 1120. The van der Waals surface area contributed by atoms with E-state index >= 15 is 0 Å². The molecule has 5 rings (SSSR count). The molecule has 0 amide bonds. The number of nitrogens with one attached hydrogen (secondary N) is 1. The minimum Gasteiger partial charge on any atom is -0.493 e. The van der Waals surface area contributed by atoms with Gasteiger partial charge < -0.3 is 14.4 Å². The standard InChI is InChI=1S/C22H25N5O2S/c1-28-19-11-16-7-10-25(13-17(16)12-20(19)29-2)14-26-22(30)27(18-3-4-18)21(24-26)15-5-8-23-9-6-15/h5-6,8-9,11-12,18H,3-4,7,10,13-14H2,1-2H3/p+1. The molecule has 8 heteroatoms. The van der Waals surface area contributed by atoms with Gasteiger partial charge in [-0.2, -0.15) is 4.68 Å². The third-order valence-electron chi connectivity index (χ3n) is 5.99. The fraction of sp³-hybridized carbons (Fsp3) is 0.409. The molecule has 7 nitrogen and oxygen atoms in total. The molecule has 1 N–H and O–H groups in total. The molecule has 156 valence electrons. The molecular weight excluding hydrogens is 398 g/mol. The molecule has 1 unspecified atom stereocenters. The molecule has 1 aromatic carbocycles. The second-order valence-corrected chi connectivity index (χ2v) is 8.37. The lowest BCUT2D eigenvalue weighted by molar-refractivity contribution is -0.939. The van der Waals surface area contributed by atoms with Crippen LogP contribution in [0.2, 0.25) is 0 Å². The van der Waals surface area contributed by atoms with E-state index in [1.807, 2.05) is 29.2 Å². The zero-order valence-electron chi connectivity index (χ0n) is 17.3. The van der Waals surface area contributed by atoms with Gasteiger partial charge in [0.25, 0.3) is 0 Å². The van der Waals surface area contributed by atoms with Crippen molar-refractivity contribution in [3.8, 4) is 22.9 Å². The maximum absolute atomic E-state index is 5.85. The molecule has 1 aliphatic carbocycles. The van der Waals surface area contributed by atoms with Crippen LogP contribution in [0.1, 0.15) is 30.0 Å². The lowest BCUT2D eigenvalue weighted by Crippen LogP contribution is -3.11. The van der Waals surface area contributed by atoms with Crippen molar-refractivity contribution in [2.75, 3.05) is 20.8 Å². The Labute approximate surface area is 180 Å². The Hall–Kier alpha value is -2.71. The van der Waals surface area contributed by atoms with Gasteiger partial charge >= 0.3 is 0 Å². The Balaban J connectivity index is 1.43. The van der Waals surface area contributed by atoms with Crippen LogP contribution in [0.5, 0.6) is 11.5 Å². The summed E-state index contributed by atoms with van der Waals surface area (Å²) in [6.07, 6.45) is 6.96. The summed E-state index contributed by atoms with van der Waals surface area (Å²) in [5.74, 6) is 2.53. The lowest BCUT2D eigenvalue weighted by Gasteiger charge is -2.26.